The van der Waals surface area contributed by atoms with Crippen molar-refractivity contribution in [2.75, 3.05) is 0 Å². The van der Waals surface area contributed by atoms with Gasteiger partial charge < -0.3 is 5.11 Å². The van der Waals surface area contributed by atoms with E-state index in [-0.39, 0.29) is 17.3 Å². The van der Waals surface area contributed by atoms with Gasteiger partial charge in [-0.25, -0.2) is 0 Å². The molecule has 0 heterocycles. The molecule has 0 atom stereocenters. The standard InChI is InChI=1S/C11H20O2/c1-8(12)11(2,3)9-4-6-10(13)7-5-9/h9-10,13H,4-7H2,1-3H3/t9-,10-. The Balaban J connectivity index is 2.58. The van der Waals surface area contributed by atoms with Crippen LogP contribution in [0.4, 0.5) is 0 Å². The number of carbonyl (C=O) groups is 1. The van der Waals surface area contributed by atoms with E-state index < -0.39 is 0 Å². The van der Waals surface area contributed by atoms with E-state index in [1.165, 1.54) is 0 Å². The van der Waals surface area contributed by atoms with Gasteiger partial charge in [0.25, 0.3) is 0 Å². The molecule has 13 heavy (non-hydrogen) atoms. The van der Waals surface area contributed by atoms with Crippen LogP contribution >= 0.6 is 0 Å². The van der Waals surface area contributed by atoms with Crippen LogP contribution in [0.5, 0.6) is 0 Å². The van der Waals surface area contributed by atoms with Gasteiger partial charge in [0, 0.05) is 5.41 Å². The van der Waals surface area contributed by atoms with E-state index in [0.29, 0.717) is 5.92 Å². The highest BCUT2D eigenvalue weighted by Crippen LogP contribution is 2.38. The lowest BCUT2D eigenvalue weighted by Gasteiger charge is -2.36. The zero-order chi connectivity index (χ0) is 10.1. The molecule has 1 N–H and O–H groups in total. The van der Waals surface area contributed by atoms with Crippen LogP contribution in [0.3, 0.4) is 0 Å². The van der Waals surface area contributed by atoms with Crippen LogP contribution in [-0.2, 0) is 4.79 Å². The third-order valence-corrected chi connectivity index (χ3v) is 3.62. The van der Waals surface area contributed by atoms with Crippen LogP contribution in [0, 0.1) is 11.3 Å². The first-order chi connectivity index (χ1) is 5.94. The average molecular weight is 184 g/mol. The van der Waals surface area contributed by atoms with Crippen LogP contribution in [0.25, 0.3) is 0 Å². The molecule has 0 spiro atoms. The highest BCUT2D eigenvalue weighted by Gasteiger charge is 2.35. The fourth-order valence-electron chi connectivity index (χ4n) is 2.08. The Kier molecular flexibility index (Phi) is 3.12. The number of rotatable bonds is 2. The van der Waals surface area contributed by atoms with E-state index in [9.17, 15) is 9.90 Å². The lowest BCUT2D eigenvalue weighted by Crippen LogP contribution is -2.35. The molecule has 0 aromatic carbocycles. The maximum absolute atomic E-state index is 11.4. The fourth-order valence-corrected chi connectivity index (χ4v) is 2.08. The minimum Gasteiger partial charge on any atom is -0.393 e. The topological polar surface area (TPSA) is 37.3 Å². The van der Waals surface area contributed by atoms with Crippen LogP contribution in [0.15, 0.2) is 0 Å². The predicted octanol–water partition coefficient (Wildman–Crippen LogP) is 2.15. The van der Waals surface area contributed by atoms with Crippen molar-refractivity contribution in [3.63, 3.8) is 0 Å². The molecule has 0 amide bonds. The molecule has 1 rings (SSSR count). The first-order valence-electron chi connectivity index (χ1n) is 5.13. The molecule has 0 aromatic heterocycles. The van der Waals surface area contributed by atoms with Crippen molar-refractivity contribution in [3.8, 4) is 0 Å². The van der Waals surface area contributed by atoms with Gasteiger partial charge in [-0.1, -0.05) is 13.8 Å². The lowest BCUT2D eigenvalue weighted by atomic mass is 9.69. The summed E-state index contributed by atoms with van der Waals surface area (Å²) in [6.45, 7) is 5.72. The third-order valence-electron chi connectivity index (χ3n) is 3.62. The monoisotopic (exact) mass is 184 g/mol. The number of aliphatic hydroxyl groups excluding tert-OH is 1. The lowest BCUT2D eigenvalue weighted by molar-refractivity contribution is -0.128. The van der Waals surface area contributed by atoms with Gasteiger partial charge in [0.15, 0.2) is 0 Å². The molecule has 1 fully saturated rings. The number of carbonyl (C=O) groups excluding carboxylic acids is 1. The van der Waals surface area contributed by atoms with Gasteiger partial charge in [0.1, 0.15) is 5.78 Å². The van der Waals surface area contributed by atoms with Crippen molar-refractivity contribution >= 4 is 5.78 Å². The summed E-state index contributed by atoms with van der Waals surface area (Å²) >= 11 is 0. The Hall–Kier alpha value is -0.370. The Morgan fingerprint density at radius 2 is 1.69 bits per heavy atom. The smallest absolute Gasteiger partial charge is 0.135 e. The molecule has 2 nitrogen and oxygen atoms in total. The summed E-state index contributed by atoms with van der Waals surface area (Å²) in [5, 5.41) is 9.35. The molecule has 2 heteroatoms. The second-order valence-corrected chi connectivity index (χ2v) is 4.78. The van der Waals surface area contributed by atoms with Crippen molar-refractivity contribution in [2.24, 2.45) is 11.3 Å². The highest BCUT2D eigenvalue weighted by molar-refractivity contribution is 5.81. The summed E-state index contributed by atoms with van der Waals surface area (Å²) in [7, 11) is 0. The van der Waals surface area contributed by atoms with Gasteiger partial charge in [-0.3, -0.25) is 4.79 Å². The van der Waals surface area contributed by atoms with Gasteiger partial charge in [0.05, 0.1) is 6.10 Å². The van der Waals surface area contributed by atoms with E-state index in [0.717, 1.165) is 25.7 Å². The number of ketones is 1. The number of hydrogen-bond acceptors (Lipinski definition) is 2. The van der Waals surface area contributed by atoms with Gasteiger partial charge in [0.2, 0.25) is 0 Å². The quantitative estimate of drug-likeness (QED) is 0.714. The van der Waals surface area contributed by atoms with Crippen molar-refractivity contribution < 1.29 is 9.90 Å². The minimum atomic E-state index is -0.194. The maximum Gasteiger partial charge on any atom is 0.135 e. The largest absolute Gasteiger partial charge is 0.393 e. The molecule has 0 bridgehead atoms. The summed E-state index contributed by atoms with van der Waals surface area (Å²) < 4.78 is 0. The summed E-state index contributed by atoms with van der Waals surface area (Å²) in [5.74, 6) is 0.738. The first-order valence-corrected chi connectivity index (χ1v) is 5.13. The van der Waals surface area contributed by atoms with Gasteiger partial charge >= 0.3 is 0 Å². The van der Waals surface area contributed by atoms with Crippen molar-refractivity contribution in [1.29, 1.82) is 0 Å². The first kappa shape index (κ1) is 10.7. The Labute approximate surface area is 80.3 Å². The molecule has 0 radical (unpaired) electrons. The Morgan fingerprint density at radius 3 is 2.08 bits per heavy atom. The molecular formula is C11H20O2. The summed E-state index contributed by atoms with van der Waals surface area (Å²) in [5.41, 5.74) is -0.194. The molecular weight excluding hydrogens is 164 g/mol. The molecule has 1 aliphatic rings. The third kappa shape index (κ3) is 2.31. The molecule has 1 saturated carbocycles. The predicted molar refractivity (Wildman–Crippen MR) is 52.4 cm³/mol. The van der Waals surface area contributed by atoms with Crippen LogP contribution in [0.1, 0.15) is 46.5 Å². The van der Waals surface area contributed by atoms with Gasteiger partial charge in [-0.2, -0.15) is 0 Å². The molecule has 0 saturated heterocycles. The number of Topliss-reactive ketones (excluding diaryl/α,β-unsaturated/α-hetero) is 1. The molecule has 0 unspecified atom stereocenters. The van der Waals surface area contributed by atoms with Crippen molar-refractivity contribution in [2.45, 2.75) is 52.6 Å². The van der Waals surface area contributed by atoms with E-state index in [1.54, 1.807) is 6.92 Å². The second kappa shape index (κ2) is 3.79. The van der Waals surface area contributed by atoms with Crippen molar-refractivity contribution in [1.82, 2.24) is 0 Å². The van der Waals surface area contributed by atoms with E-state index in [4.69, 9.17) is 0 Å². The highest BCUT2D eigenvalue weighted by atomic mass is 16.3. The Morgan fingerprint density at radius 1 is 1.23 bits per heavy atom. The van der Waals surface area contributed by atoms with E-state index in [2.05, 4.69) is 0 Å². The zero-order valence-corrected chi connectivity index (χ0v) is 8.84. The van der Waals surface area contributed by atoms with Gasteiger partial charge in [-0.05, 0) is 38.5 Å². The van der Waals surface area contributed by atoms with Crippen LogP contribution in [-0.4, -0.2) is 17.0 Å². The zero-order valence-electron chi connectivity index (χ0n) is 8.84. The SMILES string of the molecule is CC(=O)C(C)(C)[C@H]1CC[C@H](O)CC1. The fraction of sp³-hybridized carbons (Fsp3) is 0.909. The van der Waals surface area contributed by atoms with E-state index >= 15 is 0 Å². The van der Waals surface area contributed by atoms with Crippen LogP contribution < -0.4 is 0 Å². The molecule has 0 aromatic rings. The minimum absolute atomic E-state index is 0.126. The normalized spacial score (nSPS) is 30.2. The van der Waals surface area contributed by atoms with Crippen LogP contribution in [0.2, 0.25) is 0 Å². The summed E-state index contributed by atoms with van der Waals surface area (Å²) in [6.07, 6.45) is 3.59. The molecule has 76 valence electrons. The average Bonchev–Trinajstić information content (AvgIpc) is 2.04. The maximum atomic E-state index is 11.4. The van der Waals surface area contributed by atoms with E-state index in [1.807, 2.05) is 13.8 Å². The summed E-state index contributed by atoms with van der Waals surface area (Å²) in [6, 6.07) is 0. The Bertz CT molecular complexity index is 188. The molecule has 1 aliphatic carbocycles. The number of aliphatic hydroxyl groups is 1. The van der Waals surface area contributed by atoms with Crippen molar-refractivity contribution in [3.05, 3.63) is 0 Å². The molecule has 0 aliphatic heterocycles. The second-order valence-electron chi connectivity index (χ2n) is 4.78. The summed E-state index contributed by atoms with van der Waals surface area (Å²) in [4.78, 5) is 11.4. The van der Waals surface area contributed by atoms with Gasteiger partial charge in [-0.15, -0.1) is 0 Å². The number of hydrogen-bond donors (Lipinski definition) is 1.